The molecule has 0 aliphatic rings. The Kier molecular flexibility index (Phi) is 3.58. The normalized spacial score (nSPS) is 11.1. The van der Waals surface area contributed by atoms with Crippen LogP contribution >= 0.6 is 11.6 Å². The van der Waals surface area contributed by atoms with Crippen molar-refractivity contribution >= 4 is 22.5 Å². The van der Waals surface area contributed by atoms with Crippen molar-refractivity contribution in [2.45, 2.75) is 13.8 Å². The Bertz CT molecular complexity index is 1040. The van der Waals surface area contributed by atoms with Crippen LogP contribution in [0.25, 0.3) is 33.5 Å². The molecule has 0 saturated carbocycles. The van der Waals surface area contributed by atoms with Gasteiger partial charge in [0.25, 0.3) is 0 Å². The highest BCUT2D eigenvalue weighted by Crippen LogP contribution is 2.32. The predicted octanol–water partition coefficient (Wildman–Crippen LogP) is 5.83. The summed E-state index contributed by atoms with van der Waals surface area (Å²) in [6.07, 6.45) is 0. The van der Waals surface area contributed by atoms with Crippen molar-refractivity contribution in [2.75, 3.05) is 0 Å². The zero-order valence-corrected chi connectivity index (χ0v) is 14.1. The van der Waals surface area contributed by atoms with Gasteiger partial charge in [0.1, 0.15) is 10.8 Å². The first-order chi connectivity index (χ1) is 11.6. The lowest BCUT2D eigenvalue weighted by molar-refractivity contribution is 0.435. The van der Waals surface area contributed by atoms with E-state index >= 15 is 0 Å². The third-order valence-corrected chi connectivity index (χ3v) is 4.34. The van der Waals surface area contributed by atoms with Gasteiger partial charge in [-0.1, -0.05) is 58.7 Å². The maximum atomic E-state index is 6.37. The molecule has 2 aromatic carbocycles. The number of fused-ring (bicyclic) bond motifs is 1. The zero-order valence-electron chi connectivity index (χ0n) is 13.4. The molecule has 4 aromatic rings. The minimum atomic E-state index is 0.416. The van der Waals surface area contributed by atoms with Crippen LogP contribution in [0.15, 0.2) is 59.1 Å². The van der Waals surface area contributed by atoms with Gasteiger partial charge in [-0.25, -0.2) is 4.98 Å². The number of hydrogen-bond acceptors (Lipinski definition) is 3. The Labute approximate surface area is 144 Å². The van der Waals surface area contributed by atoms with Crippen LogP contribution in [-0.4, -0.2) is 10.1 Å². The zero-order chi connectivity index (χ0) is 16.7. The van der Waals surface area contributed by atoms with Gasteiger partial charge in [0.2, 0.25) is 0 Å². The largest absolute Gasteiger partial charge is 0.356 e. The second-order valence-electron chi connectivity index (χ2n) is 5.97. The van der Waals surface area contributed by atoms with Gasteiger partial charge in [0, 0.05) is 17.0 Å². The standard InChI is InChI=1S/C20H15ClN2O/c1-12-3-6-14(7-4-12)18-11-19(24-23-18)16-10-15-8-5-13(2)9-17(15)22-20(16)21/h3-11H,1-2H3. The van der Waals surface area contributed by atoms with Crippen molar-refractivity contribution in [3.63, 3.8) is 0 Å². The van der Waals surface area contributed by atoms with E-state index < -0.39 is 0 Å². The van der Waals surface area contributed by atoms with Gasteiger partial charge in [0.05, 0.1) is 11.1 Å². The fraction of sp³-hybridized carbons (Fsp3) is 0.100. The average molecular weight is 335 g/mol. The molecule has 2 aromatic heterocycles. The summed E-state index contributed by atoms with van der Waals surface area (Å²) in [5.41, 5.74) is 5.78. The van der Waals surface area contributed by atoms with Crippen LogP contribution in [0.4, 0.5) is 0 Å². The number of pyridine rings is 1. The van der Waals surface area contributed by atoms with Gasteiger partial charge in [-0.15, -0.1) is 0 Å². The summed E-state index contributed by atoms with van der Waals surface area (Å²) < 4.78 is 5.51. The number of nitrogens with zero attached hydrogens (tertiary/aromatic N) is 2. The molecule has 3 nitrogen and oxygen atoms in total. The van der Waals surface area contributed by atoms with Crippen LogP contribution in [0, 0.1) is 13.8 Å². The molecule has 0 spiro atoms. The van der Waals surface area contributed by atoms with Crippen LogP contribution < -0.4 is 0 Å². The summed E-state index contributed by atoms with van der Waals surface area (Å²) >= 11 is 6.37. The number of aryl methyl sites for hydroxylation is 2. The molecule has 0 N–H and O–H groups in total. The number of hydrogen-bond donors (Lipinski definition) is 0. The predicted molar refractivity (Wildman–Crippen MR) is 97.2 cm³/mol. The summed E-state index contributed by atoms with van der Waals surface area (Å²) in [6.45, 7) is 4.09. The SMILES string of the molecule is Cc1ccc(-c2cc(-c3cc4ccc(C)cc4nc3Cl)on2)cc1. The highest BCUT2D eigenvalue weighted by molar-refractivity contribution is 6.32. The molecule has 0 unspecified atom stereocenters. The Hall–Kier alpha value is -2.65. The van der Waals surface area contributed by atoms with Crippen LogP contribution in [0.5, 0.6) is 0 Å². The molecule has 0 amide bonds. The molecule has 0 aliphatic carbocycles. The third-order valence-electron chi connectivity index (χ3n) is 4.05. The van der Waals surface area contributed by atoms with Crippen LogP contribution in [0.1, 0.15) is 11.1 Å². The first-order valence-electron chi connectivity index (χ1n) is 7.71. The lowest BCUT2D eigenvalue weighted by Crippen LogP contribution is -1.86. The van der Waals surface area contributed by atoms with E-state index in [1.165, 1.54) is 5.56 Å². The van der Waals surface area contributed by atoms with Crippen molar-refractivity contribution in [1.29, 1.82) is 0 Å². The Morgan fingerprint density at radius 2 is 1.62 bits per heavy atom. The average Bonchev–Trinajstić information content (AvgIpc) is 3.04. The highest BCUT2D eigenvalue weighted by Gasteiger charge is 2.14. The van der Waals surface area contributed by atoms with Crippen molar-refractivity contribution in [3.8, 4) is 22.6 Å². The van der Waals surface area contributed by atoms with Crippen LogP contribution in [0.3, 0.4) is 0 Å². The van der Waals surface area contributed by atoms with Crippen molar-refractivity contribution in [3.05, 3.63) is 70.9 Å². The van der Waals surface area contributed by atoms with Gasteiger partial charge in [-0.2, -0.15) is 0 Å². The second kappa shape index (κ2) is 5.77. The van der Waals surface area contributed by atoms with E-state index in [9.17, 15) is 0 Å². The first kappa shape index (κ1) is 14.9. The maximum absolute atomic E-state index is 6.37. The Balaban J connectivity index is 1.79. The highest BCUT2D eigenvalue weighted by atomic mass is 35.5. The molecular weight excluding hydrogens is 320 g/mol. The molecule has 118 valence electrons. The molecule has 0 fully saturated rings. The minimum absolute atomic E-state index is 0.416. The van der Waals surface area contributed by atoms with E-state index in [0.717, 1.165) is 33.3 Å². The van der Waals surface area contributed by atoms with Crippen LogP contribution in [-0.2, 0) is 0 Å². The summed E-state index contributed by atoms with van der Waals surface area (Å²) in [5.74, 6) is 0.616. The van der Waals surface area contributed by atoms with Gasteiger partial charge < -0.3 is 4.52 Å². The minimum Gasteiger partial charge on any atom is -0.356 e. The quantitative estimate of drug-likeness (QED) is 0.433. The number of aromatic nitrogens is 2. The molecule has 2 heterocycles. The van der Waals surface area contributed by atoms with Gasteiger partial charge in [0.15, 0.2) is 5.76 Å². The lowest BCUT2D eigenvalue weighted by Gasteiger charge is -2.03. The molecule has 0 radical (unpaired) electrons. The van der Waals surface area contributed by atoms with E-state index in [1.807, 2.05) is 43.3 Å². The molecule has 0 bridgehead atoms. The molecular formula is C20H15ClN2O. The fourth-order valence-corrected chi connectivity index (χ4v) is 2.93. The van der Waals surface area contributed by atoms with E-state index in [0.29, 0.717) is 10.9 Å². The summed E-state index contributed by atoms with van der Waals surface area (Å²) in [4.78, 5) is 4.48. The van der Waals surface area contributed by atoms with Crippen molar-refractivity contribution in [1.82, 2.24) is 10.1 Å². The number of benzene rings is 2. The van der Waals surface area contributed by atoms with E-state index in [-0.39, 0.29) is 0 Å². The third kappa shape index (κ3) is 2.68. The smallest absolute Gasteiger partial charge is 0.170 e. The van der Waals surface area contributed by atoms with Crippen LogP contribution in [0.2, 0.25) is 5.15 Å². The van der Waals surface area contributed by atoms with Gasteiger partial charge >= 0.3 is 0 Å². The number of rotatable bonds is 2. The molecule has 0 atom stereocenters. The monoisotopic (exact) mass is 334 g/mol. The molecule has 4 rings (SSSR count). The summed E-state index contributed by atoms with van der Waals surface area (Å²) in [7, 11) is 0. The topological polar surface area (TPSA) is 38.9 Å². The van der Waals surface area contributed by atoms with Gasteiger partial charge in [-0.05, 0) is 31.5 Å². The lowest BCUT2D eigenvalue weighted by atomic mass is 10.1. The van der Waals surface area contributed by atoms with Gasteiger partial charge in [-0.3, -0.25) is 0 Å². The van der Waals surface area contributed by atoms with E-state index in [1.54, 1.807) is 0 Å². The summed E-state index contributed by atoms with van der Waals surface area (Å²) in [6, 6.07) is 18.2. The fourth-order valence-electron chi connectivity index (χ4n) is 2.69. The molecule has 24 heavy (non-hydrogen) atoms. The van der Waals surface area contributed by atoms with E-state index in [2.05, 4.69) is 35.3 Å². The summed E-state index contributed by atoms with van der Waals surface area (Å²) in [5, 5.41) is 5.60. The second-order valence-corrected chi connectivity index (χ2v) is 6.32. The maximum Gasteiger partial charge on any atom is 0.170 e. The Morgan fingerprint density at radius 3 is 2.42 bits per heavy atom. The van der Waals surface area contributed by atoms with Crippen molar-refractivity contribution < 1.29 is 4.52 Å². The molecule has 4 heteroatoms. The van der Waals surface area contributed by atoms with E-state index in [4.69, 9.17) is 16.1 Å². The molecule has 0 aliphatic heterocycles. The molecule has 0 saturated heterocycles. The first-order valence-corrected chi connectivity index (χ1v) is 8.09. The number of halogens is 1. The van der Waals surface area contributed by atoms with Crippen molar-refractivity contribution in [2.24, 2.45) is 0 Å². The Morgan fingerprint density at radius 1 is 0.875 bits per heavy atom.